The molecule has 1 saturated carbocycles. The zero-order valence-corrected chi connectivity index (χ0v) is 16.2. The Kier molecular flexibility index (Phi) is 4.95. The van der Waals surface area contributed by atoms with Crippen LogP contribution in [0, 0.1) is 19.8 Å². The number of carbonyl (C=O) groups excluding carboxylic acids is 3. The van der Waals surface area contributed by atoms with Gasteiger partial charge in [0.1, 0.15) is 5.54 Å². The quantitative estimate of drug-likeness (QED) is 0.626. The van der Waals surface area contributed by atoms with E-state index in [1.807, 2.05) is 19.9 Å². The number of hydrogen-bond acceptors (Lipinski definition) is 3. The smallest absolute Gasteiger partial charge is 0.325 e. The molecule has 0 aromatic carbocycles. The van der Waals surface area contributed by atoms with Gasteiger partial charge in [0, 0.05) is 23.5 Å². The molecule has 3 rings (SSSR count). The first kappa shape index (κ1) is 18.7. The average Bonchev–Trinajstić information content (AvgIpc) is 3.21. The van der Waals surface area contributed by atoms with Crippen molar-refractivity contribution in [2.75, 3.05) is 6.54 Å². The third kappa shape index (κ3) is 3.17. The summed E-state index contributed by atoms with van der Waals surface area (Å²) in [6, 6.07) is 1.45. The SMILES string of the molecule is Cc1cc(C(=O)CN2C(=O)NC3(CCCC3)C2=O)c(C)n1CCC(C)C. The van der Waals surface area contributed by atoms with E-state index in [9.17, 15) is 14.4 Å². The molecule has 0 unspecified atom stereocenters. The molecule has 142 valence electrons. The van der Waals surface area contributed by atoms with Crippen LogP contribution in [0.25, 0.3) is 0 Å². The molecule has 2 aliphatic rings. The fraction of sp³-hybridized carbons (Fsp3) is 0.650. The second kappa shape index (κ2) is 6.89. The van der Waals surface area contributed by atoms with Crippen LogP contribution < -0.4 is 5.32 Å². The molecule has 3 amide bonds. The number of amides is 3. The summed E-state index contributed by atoms with van der Waals surface area (Å²) in [6.07, 6.45) is 4.26. The number of urea groups is 1. The van der Waals surface area contributed by atoms with Crippen molar-refractivity contribution in [2.45, 2.75) is 71.9 Å². The van der Waals surface area contributed by atoms with Crippen LogP contribution in [-0.2, 0) is 11.3 Å². The number of nitrogens with one attached hydrogen (secondary N) is 1. The molecule has 1 aromatic rings. The summed E-state index contributed by atoms with van der Waals surface area (Å²) < 4.78 is 2.15. The number of aromatic nitrogens is 1. The van der Waals surface area contributed by atoms with Crippen LogP contribution in [0.1, 0.15) is 67.7 Å². The van der Waals surface area contributed by atoms with Gasteiger partial charge in [0.25, 0.3) is 5.91 Å². The van der Waals surface area contributed by atoms with Gasteiger partial charge in [-0.3, -0.25) is 14.5 Å². The van der Waals surface area contributed by atoms with Crippen molar-refractivity contribution in [1.29, 1.82) is 0 Å². The van der Waals surface area contributed by atoms with Crippen molar-refractivity contribution in [3.63, 3.8) is 0 Å². The van der Waals surface area contributed by atoms with Crippen molar-refractivity contribution >= 4 is 17.7 Å². The summed E-state index contributed by atoms with van der Waals surface area (Å²) in [6.45, 7) is 8.97. The molecule has 1 spiro atoms. The molecular weight excluding hydrogens is 330 g/mol. The Morgan fingerprint density at radius 3 is 2.50 bits per heavy atom. The number of hydrogen-bond donors (Lipinski definition) is 1. The summed E-state index contributed by atoms with van der Waals surface area (Å²) in [5.74, 6) is 0.179. The fourth-order valence-corrected chi connectivity index (χ4v) is 4.18. The van der Waals surface area contributed by atoms with E-state index in [1.165, 1.54) is 0 Å². The van der Waals surface area contributed by atoms with Crippen molar-refractivity contribution in [3.8, 4) is 0 Å². The maximum absolute atomic E-state index is 12.8. The second-order valence-electron chi connectivity index (χ2n) is 8.15. The predicted molar refractivity (Wildman–Crippen MR) is 99.1 cm³/mol. The Morgan fingerprint density at radius 1 is 1.23 bits per heavy atom. The summed E-state index contributed by atoms with van der Waals surface area (Å²) in [7, 11) is 0. The summed E-state index contributed by atoms with van der Waals surface area (Å²) in [5, 5.41) is 2.83. The first-order chi connectivity index (χ1) is 12.2. The Hall–Kier alpha value is -2.11. The second-order valence-corrected chi connectivity index (χ2v) is 8.15. The van der Waals surface area contributed by atoms with Crippen LogP contribution in [0.2, 0.25) is 0 Å². The van der Waals surface area contributed by atoms with Gasteiger partial charge in [-0.2, -0.15) is 0 Å². The largest absolute Gasteiger partial charge is 0.348 e. The van der Waals surface area contributed by atoms with Gasteiger partial charge in [-0.15, -0.1) is 0 Å². The van der Waals surface area contributed by atoms with E-state index in [0.717, 1.165) is 42.1 Å². The molecule has 2 fully saturated rings. The van der Waals surface area contributed by atoms with Crippen LogP contribution in [0.15, 0.2) is 6.07 Å². The van der Waals surface area contributed by atoms with E-state index in [-0.39, 0.29) is 18.2 Å². The van der Waals surface area contributed by atoms with Crippen LogP contribution in [-0.4, -0.2) is 39.3 Å². The fourth-order valence-electron chi connectivity index (χ4n) is 4.18. The monoisotopic (exact) mass is 359 g/mol. The van der Waals surface area contributed by atoms with E-state index in [1.54, 1.807) is 0 Å². The Bertz CT molecular complexity index is 742. The maximum Gasteiger partial charge on any atom is 0.325 e. The van der Waals surface area contributed by atoms with E-state index >= 15 is 0 Å². The lowest BCUT2D eigenvalue weighted by atomic mass is 9.98. The predicted octanol–water partition coefficient (Wildman–Crippen LogP) is 3.20. The molecule has 6 heteroatoms. The van der Waals surface area contributed by atoms with Crippen LogP contribution in [0.4, 0.5) is 4.79 Å². The minimum Gasteiger partial charge on any atom is -0.348 e. The van der Waals surface area contributed by atoms with Gasteiger partial charge < -0.3 is 9.88 Å². The standard InChI is InChI=1S/C20H29N3O3/c1-13(2)7-10-22-14(3)11-16(15(22)4)17(24)12-23-18(25)20(21-19(23)26)8-5-6-9-20/h11,13H,5-10,12H2,1-4H3,(H,21,26). The van der Waals surface area contributed by atoms with Crippen molar-refractivity contribution in [3.05, 3.63) is 23.0 Å². The molecular formula is C20H29N3O3. The summed E-state index contributed by atoms with van der Waals surface area (Å²) in [4.78, 5) is 38.9. The topological polar surface area (TPSA) is 71.4 Å². The number of nitrogens with zero attached hydrogens (tertiary/aromatic N) is 2. The van der Waals surface area contributed by atoms with E-state index in [0.29, 0.717) is 24.3 Å². The molecule has 26 heavy (non-hydrogen) atoms. The molecule has 2 heterocycles. The summed E-state index contributed by atoms with van der Waals surface area (Å²) >= 11 is 0. The van der Waals surface area contributed by atoms with Crippen molar-refractivity contribution in [1.82, 2.24) is 14.8 Å². The normalized spacial score (nSPS) is 19.0. The zero-order chi connectivity index (χ0) is 19.1. The minimum absolute atomic E-state index is 0.174. The van der Waals surface area contributed by atoms with Crippen LogP contribution in [0.3, 0.4) is 0 Å². The molecule has 0 bridgehead atoms. The number of Topliss-reactive ketones (excluding diaryl/α,β-unsaturated/α-hetero) is 1. The molecule has 0 atom stereocenters. The maximum atomic E-state index is 12.8. The van der Waals surface area contributed by atoms with Gasteiger partial charge in [0.2, 0.25) is 0 Å². The van der Waals surface area contributed by atoms with Gasteiger partial charge in [0.05, 0.1) is 6.54 Å². The molecule has 1 aliphatic heterocycles. The summed E-state index contributed by atoms with van der Waals surface area (Å²) in [5.41, 5.74) is 1.80. The molecule has 0 radical (unpaired) electrons. The lowest BCUT2D eigenvalue weighted by molar-refractivity contribution is -0.130. The number of aryl methyl sites for hydroxylation is 1. The van der Waals surface area contributed by atoms with E-state index in [2.05, 4.69) is 23.7 Å². The lowest BCUT2D eigenvalue weighted by Crippen LogP contribution is -2.44. The molecule has 1 aromatic heterocycles. The Balaban J connectivity index is 1.75. The Morgan fingerprint density at radius 2 is 1.88 bits per heavy atom. The number of carbonyl (C=O) groups is 3. The van der Waals surface area contributed by atoms with Gasteiger partial charge in [0.15, 0.2) is 5.78 Å². The minimum atomic E-state index is -0.758. The van der Waals surface area contributed by atoms with Crippen molar-refractivity contribution < 1.29 is 14.4 Å². The number of imide groups is 1. The number of rotatable bonds is 6. The molecule has 1 aliphatic carbocycles. The first-order valence-corrected chi connectivity index (χ1v) is 9.59. The first-order valence-electron chi connectivity index (χ1n) is 9.59. The highest BCUT2D eigenvalue weighted by Crippen LogP contribution is 2.35. The van der Waals surface area contributed by atoms with E-state index in [4.69, 9.17) is 0 Å². The third-order valence-corrected chi connectivity index (χ3v) is 5.81. The highest BCUT2D eigenvalue weighted by atomic mass is 16.2. The molecule has 1 N–H and O–H groups in total. The highest BCUT2D eigenvalue weighted by molar-refractivity contribution is 6.11. The van der Waals surface area contributed by atoms with Gasteiger partial charge in [-0.05, 0) is 45.1 Å². The van der Waals surface area contributed by atoms with Crippen LogP contribution >= 0.6 is 0 Å². The molecule has 1 saturated heterocycles. The van der Waals surface area contributed by atoms with Crippen molar-refractivity contribution in [2.24, 2.45) is 5.92 Å². The van der Waals surface area contributed by atoms with Gasteiger partial charge in [-0.1, -0.05) is 26.7 Å². The average molecular weight is 359 g/mol. The van der Waals surface area contributed by atoms with Gasteiger partial charge >= 0.3 is 6.03 Å². The van der Waals surface area contributed by atoms with E-state index < -0.39 is 11.6 Å². The van der Waals surface area contributed by atoms with Gasteiger partial charge in [-0.25, -0.2) is 4.79 Å². The zero-order valence-electron chi connectivity index (χ0n) is 16.2. The lowest BCUT2D eigenvalue weighted by Gasteiger charge is -2.19. The highest BCUT2D eigenvalue weighted by Gasteiger charge is 2.52. The Labute approximate surface area is 154 Å². The number of ketones is 1. The van der Waals surface area contributed by atoms with Crippen LogP contribution in [0.5, 0.6) is 0 Å². The molecule has 6 nitrogen and oxygen atoms in total. The third-order valence-electron chi connectivity index (χ3n) is 5.81.